The van der Waals surface area contributed by atoms with Gasteiger partial charge in [-0.1, -0.05) is 6.92 Å². The number of likely N-dealkylation sites (N-methyl/N-ethyl adjacent to an activating group) is 1. The van der Waals surface area contributed by atoms with Crippen LogP contribution in [0.2, 0.25) is 0 Å². The second-order valence-electron chi connectivity index (χ2n) is 4.00. The van der Waals surface area contributed by atoms with Gasteiger partial charge in [0.15, 0.2) is 5.65 Å². The first-order valence-electron chi connectivity index (χ1n) is 6.02. The Morgan fingerprint density at radius 1 is 1.44 bits per heavy atom. The van der Waals surface area contributed by atoms with Gasteiger partial charge in [0.1, 0.15) is 5.56 Å². The monoisotopic (exact) mass is 247 g/mol. The van der Waals surface area contributed by atoms with Crippen molar-refractivity contribution in [3.8, 4) is 0 Å². The van der Waals surface area contributed by atoms with E-state index in [4.69, 9.17) is 0 Å². The van der Waals surface area contributed by atoms with Crippen molar-refractivity contribution >= 4 is 11.6 Å². The molecule has 6 heteroatoms. The summed E-state index contributed by atoms with van der Waals surface area (Å²) in [6, 6.07) is 1.85. The van der Waals surface area contributed by atoms with Crippen LogP contribution >= 0.6 is 0 Å². The van der Waals surface area contributed by atoms with E-state index >= 15 is 0 Å². The quantitative estimate of drug-likeness (QED) is 0.749. The summed E-state index contributed by atoms with van der Waals surface area (Å²) in [5.41, 5.74) is 1.97. The first-order valence-corrected chi connectivity index (χ1v) is 6.02. The van der Waals surface area contributed by atoms with Gasteiger partial charge in [-0.2, -0.15) is 5.10 Å². The minimum absolute atomic E-state index is 0.138. The number of aryl methyl sites for hydroxylation is 1. The van der Waals surface area contributed by atoms with E-state index in [-0.39, 0.29) is 5.91 Å². The summed E-state index contributed by atoms with van der Waals surface area (Å²) in [6.07, 6.45) is 3.34. The van der Waals surface area contributed by atoms with Crippen LogP contribution < -0.4 is 10.6 Å². The number of carbonyl (C=O) groups is 1. The zero-order valence-corrected chi connectivity index (χ0v) is 10.6. The van der Waals surface area contributed by atoms with Crippen LogP contribution in [0.4, 0.5) is 0 Å². The van der Waals surface area contributed by atoms with E-state index in [1.54, 1.807) is 16.9 Å². The van der Waals surface area contributed by atoms with Crippen LogP contribution in [-0.2, 0) is 0 Å². The maximum absolute atomic E-state index is 12.0. The number of rotatable bonds is 5. The van der Waals surface area contributed by atoms with Crippen LogP contribution in [0.15, 0.2) is 18.5 Å². The van der Waals surface area contributed by atoms with Gasteiger partial charge in [-0.05, 0) is 19.5 Å². The van der Waals surface area contributed by atoms with Gasteiger partial charge in [0, 0.05) is 25.0 Å². The summed E-state index contributed by atoms with van der Waals surface area (Å²) in [5.74, 6) is -0.138. The highest BCUT2D eigenvalue weighted by atomic mass is 16.1. The van der Waals surface area contributed by atoms with Crippen molar-refractivity contribution < 1.29 is 4.79 Å². The third-order valence-electron chi connectivity index (χ3n) is 2.59. The lowest BCUT2D eigenvalue weighted by Gasteiger charge is -2.04. The Morgan fingerprint density at radius 2 is 2.28 bits per heavy atom. The molecule has 0 fully saturated rings. The number of hydrogen-bond donors (Lipinski definition) is 2. The normalized spacial score (nSPS) is 10.8. The largest absolute Gasteiger partial charge is 0.351 e. The Morgan fingerprint density at radius 3 is 3.06 bits per heavy atom. The topological polar surface area (TPSA) is 71.3 Å². The average Bonchev–Trinajstić information content (AvgIpc) is 2.77. The number of aromatic nitrogens is 3. The molecule has 6 nitrogen and oxygen atoms in total. The second kappa shape index (κ2) is 5.59. The van der Waals surface area contributed by atoms with Crippen LogP contribution in [0.3, 0.4) is 0 Å². The molecule has 0 aromatic carbocycles. The molecule has 0 saturated heterocycles. The zero-order valence-electron chi connectivity index (χ0n) is 10.6. The lowest BCUT2D eigenvalue weighted by Crippen LogP contribution is -2.31. The first-order chi connectivity index (χ1) is 8.72. The van der Waals surface area contributed by atoms with E-state index in [9.17, 15) is 4.79 Å². The zero-order chi connectivity index (χ0) is 13.0. The van der Waals surface area contributed by atoms with Crippen molar-refractivity contribution in [3.05, 3.63) is 29.7 Å². The van der Waals surface area contributed by atoms with Crippen LogP contribution in [0.1, 0.15) is 23.0 Å². The molecule has 0 saturated carbocycles. The van der Waals surface area contributed by atoms with Crippen molar-refractivity contribution in [2.75, 3.05) is 19.6 Å². The fraction of sp³-hybridized carbons (Fsp3) is 0.417. The minimum atomic E-state index is -0.138. The molecule has 2 heterocycles. The Balaban J connectivity index is 2.10. The van der Waals surface area contributed by atoms with Gasteiger partial charge < -0.3 is 10.6 Å². The van der Waals surface area contributed by atoms with Gasteiger partial charge in [0.05, 0.1) is 6.20 Å². The highest BCUT2D eigenvalue weighted by Gasteiger charge is 2.13. The van der Waals surface area contributed by atoms with Gasteiger partial charge >= 0.3 is 0 Å². The molecule has 0 aliphatic heterocycles. The minimum Gasteiger partial charge on any atom is -0.351 e. The summed E-state index contributed by atoms with van der Waals surface area (Å²) in [5, 5.41) is 10.1. The van der Waals surface area contributed by atoms with Gasteiger partial charge in [0.2, 0.25) is 0 Å². The molecule has 0 atom stereocenters. The molecule has 2 N–H and O–H groups in total. The number of nitrogens with zero attached hydrogens (tertiary/aromatic N) is 3. The third kappa shape index (κ3) is 2.65. The summed E-state index contributed by atoms with van der Waals surface area (Å²) in [6.45, 7) is 6.16. The van der Waals surface area contributed by atoms with Crippen molar-refractivity contribution in [2.24, 2.45) is 0 Å². The fourth-order valence-corrected chi connectivity index (χ4v) is 1.66. The molecular formula is C12H17N5O. The van der Waals surface area contributed by atoms with E-state index in [0.29, 0.717) is 17.8 Å². The molecule has 1 amide bonds. The van der Waals surface area contributed by atoms with Crippen molar-refractivity contribution in [1.29, 1.82) is 0 Å². The Hall–Kier alpha value is -1.95. The Bertz CT molecular complexity index is 548. The summed E-state index contributed by atoms with van der Waals surface area (Å²) < 4.78 is 1.60. The highest BCUT2D eigenvalue weighted by molar-refractivity contribution is 5.99. The van der Waals surface area contributed by atoms with Crippen molar-refractivity contribution in [2.45, 2.75) is 13.8 Å². The van der Waals surface area contributed by atoms with E-state index in [1.165, 1.54) is 0 Å². The average molecular weight is 247 g/mol. The van der Waals surface area contributed by atoms with E-state index in [2.05, 4.69) is 20.7 Å². The summed E-state index contributed by atoms with van der Waals surface area (Å²) in [7, 11) is 0. The molecule has 0 radical (unpaired) electrons. The standard InChI is InChI=1S/C12H17N5O/c1-3-13-5-6-14-12(18)10-8-15-17-7-4-9(2)16-11(10)17/h4,7-8,13H,3,5-6H2,1-2H3,(H,14,18). The third-order valence-corrected chi connectivity index (χ3v) is 2.59. The second-order valence-corrected chi connectivity index (χ2v) is 4.00. The first kappa shape index (κ1) is 12.5. The molecule has 0 aliphatic carbocycles. The summed E-state index contributed by atoms with van der Waals surface area (Å²) in [4.78, 5) is 16.3. The van der Waals surface area contributed by atoms with E-state index in [1.807, 2.05) is 19.9 Å². The molecule has 0 bridgehead atoms. The lowest BCUT2D eigenvalue weighted by atomic mass is 10.3. The van der Waals surface area contributed by atoms with Crippen LogP contribution in [0.25, 0.3) is 5.65 Å². The number of nitrogens with one attached hydrogen (secondary N) is 2. The molecule has 0 spiro atoms. The number of fused-ring (bicyclic) bond motifs is 1. The fourth-order valence-electron chi connectivity index (χ4n) is 1.66. The molecule has 0 aliphatic rings. The molecule has 2 aromatic heterocycles. The molecule has 0 unspecified atom stereocenters. The van der Waals surface area contributed by atoms with Gasteiger partial charge in [0.25, 0.3) is 5.91 Å². The summed E-state index contributed by atoms with van der Waals surface area (Å²) >= 11 is 0. The van der Waals surface area contributed by atoms with Crippen LogP contribution in [-0.4, -0.2) is 40.1 Å². The molecular weight excluding hydrogens is 230 g/mol. The number of hydrogen-bond acceptors (Lipinski definition) is 4. The van der Waals surface area contributed by atoms with Crippen molar-refractivity contribution in [1.82, 2.24) is 25.2 Å². The molecule has 2 rings (SSSR count). The van der Waals surface area contributed by atoms with Gasteiger partial charge in [-0.25, -0.2) is 9.50 Å². The van der Waals surface area contributed by atoms with Crippen LogP contribution in [0.5, 0.6) is 0 Å². The maximum atomic E-state index is 12.0. The van der Waals surface area contributed by atoms with Gasteiger partial charge in [-0.15, -0.1) is 0 Å². The number of carbonyl (C=O) groups excluding carboxylic acids is 1. The molecule has 96 valence electrons. The Kier molecular flexibility index (Phi) is 3.88. The predicted molar refractivity (Wildman–Crippen MR) is 68.6 cm³/mol. The van der Waals surface area contributed by atoms with Crippen LogP contribution in [0, 0.1) is 6.92 Å². The van der Waals surface area contributed by atoms with Crippen molar-refractivity contribution in [3.63, 3.8) is 0 Å². The van der Waals surface area contributed by atoms with E-state index < -0.39 is 0 Å². The lowest BCUT2D eigenvalue weighted by molar-refractivity contribution is 0.0955. The predicted octanol–water partition coefficient (Wildman–Crippen LogP) is 0.377. The maximum Gasteiger partial charge on any atom is 0.256 e. The Labute approximate surface area is 105 Å². The van der Waals surface area contributed by atoms with E-state index in [0.717, 1.165) is 18.8 Å². The van der Waals surface area contributed by atoms with Gasteiger partial charge in [-0.3, -0.25) is 4.79 Å². The molecule has 2 aromatic rings. The smallest absolute Gasteiger partial charge is 0.256 e. The molecule has 18 heavy (non-hydrogen) atoms. The SMILES string of the molecule is CCNCCNC(=O)c1cnn2ccc(C)nc12. The number of amides is 1. The highest BCUT2D eigenvalue weighted by Crippen LogP contribution is 2.08.